The third kappa shape index (κ3) is 2.55. The molecule has 1 N–H and O–H groups in total. The van der Waals surface area contributed by atoms with Gasteiger partial charge in [0, 0.05) is 41.5 Å². The average Bonchev–Trinajstić information content (AvgIpc) is 2.78. The van der Waals surface area contributed by atoms with E-state index in [0.717, 1.165) is 6.26 Å². The van der Waals surface area contributed by atoms with Crippen LogP contribution in [-0.2, 0) is 10.8 Å². The van der Waals surface area contributed by atoms with Crippen molar-refractivity contribution in [1.82, 2.24) is 4.90 Å². The van der Waals surface area contributed by atoms with Crippen LogP contribution in [0.25, 0.3) is 0 Å². The Balaban J connectivity index is 2.08. The first-order chi connectivity index (χ1) is 8.08. The summed E-state index contributed by atoms with van der Waals surface area (Å²) in [5, 5.41) is 8.70. The molecule has 0 saturated carbocycles. The normalized spacial score (nSPS) is 17.1. The third-order valence-corrected chi connectivity index (χ3v) is 3.80. The molecule has 1 aliphatic heterocycles. The molecule has 2 heterocycles. The lowest BCUT2D eigenvalue weighted by Crippen LogP contribution is -2.41. The second-order valence-corrected chi connectivity index (χ2v) is 5.34. The number of hydrogen-bond donors (Lipinski definition) is 1. The minimum atomic E-state index is -1.13. The van der Waals surface area contributed by atoms with Crippen molar-refractivity contribution in [2.45, 2.75) is 0 Å². The lowest BCUT2D eigenvalue weighted by molar-refractivity contribution is 0.0694. The summed E-state index contributed by atoms with van der Waals surface area (Å²) in [6.07, 6.45) is 1.04. The molecule has 1 aromatic rings. The van der Waals surface area contributed by atoms with E-state index in [1.807, 2.05) is 0 Å². The molecule has 1 amide bonds. The maximum atomic E-state index is 11.9. The molecule has 92 valence electrons. The van der Waals surface area contributed by atoms with Crippen LogP contribution in [0.15, 0.2) is 16.7 Å². The second-order valence-electron chi connectivity index (χ2n) is 3.65. The number of hydrogen-bond acceptors (Lipinski definition) is 4. The Morgan fingerprint density at radius 2 is 2.00 bits per heavy atom. The van der Waals surface area contributed by atoms with E-state index in [1.54, 1.807) is 0 Å². The highest BCUT2D eigenvalue weighted by molar-refractivity contribution is 7.85. The van der Waals surface area contributed by atoms with Crippen molar-refractivity contribution >= 4 is 22.7 Å². The number of aromatic carboxylic acids is 1. The van der Waals surface area contributed by atoms with E-state index in [4.69, 9.17) is 9.52 Å². The van der Waals surface area contributed by atoms with Gasteiger partial charge < -0.3 is 14.4 Å². The summed E-state index contributed by atoms with van der Waals surface area (Å²) in [4.78, 5) is 24.0. The molecular weight excluding hydrogens is 246 g/mol. The Morgan fingerprint density at radius 1 is 1.35 bits per heavy atom. The maximum Gasteiger partial charge on any atom is 0.338 e. The van der Waals surface area contributed by atoms with Gasteiger partial charge in [-0.15, -0.1) is 0 Å². The van der Waals surface area contributed by atoms with E-state index < -0.39 is 16.8 Å². The van der Waals surface area contributed by atoms with Gasteiger partial charge >= 0.3 is 5.97 Å². The Morgan fingerprint density at radius 3 is 2.53 bits per heavy atom. The zero-order chi connectivity index (χ0) is 12.4. The minimum Gasteiger partial charge on any atom is -0.478 e. The Hall–Kier alpha value is -1.63. The second kappa shape index (κ2) is 4.70. The quantitative estimate of drug-likeness (QED) is 0.816. The van der Waals surface area contributed by atoms with E-state index in [-0.39, 0.29) is 17.2 Å². The van der Waals surface area contributed by atoms with Gasteiger partial charge in [-0.1, -0.05) is 0 Å². The van der Waals surface area contributed by atoms with Gasteiger partial charge in [-0.05, 0) is 0 Å². The van der Waals surface area contributed by atoms with Crippen LogP contribution in [0.5, 0.6) is 0 Å². The molecule has 0 unspecified atom stereocenters. The highest BCUT2D eigenvalue weighted by atomic mass is 32.2. The zero-order valence-corrected chi connectivity index (χ0v) is 9.74. The van der Waals surface area contributed by atoms with E-state index in [9.17, 15) is 13.8 Å². The number of carbonyl (C=O) groups is 2. The maximum absolute atomic E-state index is 11.9. The van der Waals surface area contributed by atoms with E-state index in [2.05, 4.69) is 0 Å². The highest BCUT2D eigenvalue weighted by Gasteiger charge is 2.24. The number of nitrogens with zero attached hydrogens (tertiary/aromatic N) is 1. The molecule has 0 aromatic carbocycles. The van der Waals surface area contributed by atoms with E-state index >= 15 is 0 Å². The van der Waals surface area contributed by atoms with Gasteiger partial charge in [0.05, 0.1) is 5.56 Å². The lowest BCUT2D eigenvalue weighted by atomic mass is 10.3. The van der Waals surface area contributed by atoms with Crippen LogP contribution in [-0.4, -0.2) is 50.7 Å². The molecule has 1 aromatic heterocycles. The predicted octanol–water partition coefficient (Wildman–Crippen LogP) is 0.182. The van der Waals surface area contributed by atoms with Crippen LogP contribution in [0.1, 0.15) is 20.9 Å². The molecule has 0 radical (unpaired) electrons. The topological polar surface area (TPSA) is 87.8 Å². The molecule has 0 spiro atoms. The van der Waals surface area contributed by atoms with Gasteiger partial charge in [0.1, 0.15) is 6.26 Å². The fourth-order valence-corrected chi connectivity index (χ4v) is 2.61. The first kappa shape index (κ1) is 11.8. The van der Waals surface area contributed by atoms with Crippen molar-refractivity contribution < 1.29 is 23.3 Å². The molecule has 0 bridgehead atoms. The summed E-state index contributed by atoms with van der Waals surface area (Å²) >= 11 is 0. The van der Waals surface area contributed by atoms with Gasteiger partial charge in [-0.25, -0.2) is 4.79 Å². The van der Waals surface area contributed by atoms with Gasteiger partial charge in [-0.3, -0.25) is 9.00 Å². The first-order valence-corrected chi connectivity index (χ1v) is 6.53. The summed E-state index contributed by atoms with van der Waals surface area (Å²) in [6, 6.07) is 1.20. The number of carbonyl (C=O) groups excluding carboxylic acids is 1. The standard InChI is InChI=1S/C10H11NO5S/c12-9(11-1-3-17(15)4-2-11)8-5-7(6-16-8)10(13)14/h5-6H,1-4H2,(H,13,14). The molecule has 17 heavy (non-hydrogen) atoms. The van der Waals surface area contributed by atoms with E-state index in [1.165, 1.54) is 11.0 Å². The minimum absolute atomic E-state index is 0.00934. The van der Waals surface area contributed by atoms with Crippen molar-refractivity contribution in [3.05, 3.63) is 23.7 Å². The Kier molecular flexibility index (Phi) is 3.28. The largest absolute Gasteiger partial charge is 0.478 e. The molecule has 2 rings (SSSR count). The molecule has 1 aliphatic rings. The van der Waals surface area contributed by atoms with Gasteiger partial charge in [-0.2, -0.15) is 0 Å². The molecule has 6 nitrogen and oxygen atoms in total. The first-order valence-electron chi connectivity index (χ1n) is 5.04. The van der Waals surface area contributed by atoms with Crippen LogP contribution >= 0.6 is 0 Å². The monoisotopic (exact) mass is 257 g/mol. The molecule has 0 atom stereocenters. The van der Waals surface area contributed by atoms with E-state index in [0.29, 0.717) is 24.6 Å². The third-order valence-electron chi connectivity index (χ3n) is 2.52. The van der Waals surface area contributed by atoms with Crippen LogP contribution < -0.4 is 0 Å². The summed E-state index contributed by atoms with van der Waals surface area (Å²) in [7, 11) is -0.855. The van der Waals surface area contributed by atoms with Gasteiger partial charge in [0.25, 0.3) is 5.91 Å². The number of carboxylic acids is 1. The Labute approximate surface area is 99.7 Å². The van der Waals surface area contributed by atoms with Crippen molar-refractivity contribution in [2.24, 2.45) is 0 Å². The van der Waals surface area contributed by atoms with Gasteiger partial charge in [0.2, 0.25) is 0 Å². The summed E-state index contributed by atoms with van der Waals surface area (Å²) < 4.78 is 16.1. The van der Waals surface area contributed by atoms with Crippen molar-refractivity contribution in [1.29, 1.82) is 0 Å². The van der Waals surface area contributed by atoms with Crippen LogP contribution in [0, 0.1) is 0 Å². The Bertz CT molecular complexity index is 471. The fourth-order valence-electron chi connectivity index (χ4n) is 1.56. The van der Waals surface area contributed by atoms with Crippen LogP contribution in [0.2, 0.25) is 0 Å². The smallest absolute Gasteiger partial charge is 0.338 e. The van der Waals surface area contributed by atoms with Crippen LogP contribution in [0.4, 0.5) is 0 Å². The zero-order valence-electron chi connectivity index (χ0n) is 8.92. The van der Waals surface area contributed by atoms with Crippen molar-refractivity contribution in [3.63, 3.8) is 0 Å². The molecule has 1 fully saturated rings. The fraction of sp³-hybridized carbons (Fsp3) is 0.400. The molecule has 0 aliphatic carbocycles. The number of furan rings is 1. The van der Waals surface area contributed by atoms with Crippen molar-refractivity contribution in [2.75, 3.05) is 24.6 Å². The van der Waals surface area contributed by atoms with Crippen molar-refractivity contribution in [3.8, 4) is 0 Å². The highest BCUT2D eigenvalue weighted by Crippen LogP contribution is 2.12. The lowest BCUT2D eigenvalue weighted by Gasteiger charge is -2.25. The molecule has 1 saturated heterocycles. The number of rotatable bonds is 2. The number of carboxylic acid groups (broad SMARTS) is 1. The number of amides is 1. The molecular formula is C10H11NO5S. The van der Waals surface area contributed by atoms with Crippen LogP contribution in [0.3, 0.4) is 0 Å². The summed E-state index contributed by atoms with van der Waals surface area (Å²) in [5.74, 6) is -0.562. The summed E-state index contributed by atoms with van der Waals surface area (Å²) in [5.41, 5.74) is -0.0473. The van der Waals surface area contributed by atoms with Gasteiger partial charge in [0.15, 0.2) is 5.76 Å². The summed E-state index contributed by atoms with van der Waals surface area (Å²) in [6.45, 7) is 0.823. The SMILES string of the molecule is O=C(O)c1coc(C(=O)N2CCS(=O)CC2)c1. The predicted molar refractivity (Wildman–Crippen MR) is 59.4 cm³/mol. The average molecular weight is 257 g/mol. The molecule has 7 heteroatoms.